The van der Waals surface area contributed by atoms with Crippen molar-refractivity contribution in [3.63, 3.8) is 0 Å². The third-order valence-corrected chi connectivity index (χ3v) is 9.65. The van der Waals surface area contributed by atoms with Gasteiger partial charge in [-0.3, -0.25) is 5.41 Å². The number of nitrogens with one attached hydrogen (secondary N) is 2. The normalized spacial score (nSPS) is 13.1. The number of amidine groups is 1. The highest BCUT2D eigenvalue weighted by atomic mass is 14.9. The minimum absolute atomic E-state index is 0.201. The summed E-state index contributed by atoms with van der Waals surface area (Å²) in [4.78, 5) is 7.89. The number of aromatic nitrogens is 1. The van der Waals surface area contributed by atoms with Crippen molar-refractivity contribution in [2.75, 3.05) is 0 Å². The second kappa shape index (κ2) is 11.5. The van der Waals surface area contributed by atoms with E-state index in [-0.39, 0.29) is 11.3 Å². The molecule has 0 radical (unpaired) electrons. The van der Waals surface area contributed by atoms with Gasteiger partial charge in [-0.2, -0.15) is 5.26 Å². The van der Waals surface area contributed by atoms with Gasteiger partial charge in [0.2, 0.25) is 0 Å². The molecule has 6 aromatic carbocycles. The summed E-state index contributed by atoms with van der Waals surface area (Å²) < 4.78 is 0. The molecule has 0 aliphatic heterocycles. The van der Waals surface area contributed by atoms with E-state index in [1.54, 1.807) is 0 Å². The molecule has 0 spiro atoms. The van der Waals surface area contributed by atoms with Gasteiger partial charge in [0.05, 0.1) is 11.6 Å². The molecule has 0 atom stereocenters. The second-order valence-electron chi connectivity index (χ2n) is 12.8. The van der Waals surface area contributed by atoms with Crippen molar-refractivity contribution < 1.29 is 0 Å². The molecule has 1 heterocycles. The molecule has 4 heteroatoms. The number of hydrogen-bond acceptors (Lipinski definition) is 2. The second-order valence-corrected chi connectivity index (χ2v) is 12.8. The first kappa shape index (κ1) is 29.1. The van der Waals surface area contributed by atoms with Gasteiger partial charge in [0.1, 0.15) is 5.49 Å². The molecule has 48 heavy (non-hydrogen) atoms. The van der Waals surface area contributed by atoms with Crippen molar-refractivity contribution >= 4 is 16.6 Å². The largest absolute Gasteiger partial charge is 0.346 e. The van der Waals surface area contributed by atoms with E-state index in [9.17, 15) is 5.26 Å². The van der Waals surface area contributed by atoms with Crippen molar-refractivity contribution in [2.45, 2.75) is 19.3 Å². The summed E-state index contributed by atoms with van der Waals surface area (Å²) in [6, 6.07) is 50.4. The molecule has 0 saturated heterocycles. The summed E-state index contributed by atoms with van der Waals surface area (Å²) in [6.45, 7) is 4.50. The number of H-pyrrole nitrogens is 1. The first-order valence-corrected chi connectivity index (χ1v) is 16.1. The highest BCUT2D eigenvalue weighted by molar-refractivity contribution is 6.06. The van der Waals surface area contributed by atoms with E-state index < -0.39 is 0 Å². The van der Waals surface area contributed by atoms with E-state index in [0.717, 1.165) is 27.8 Å². The zero-order valence-corrected chi connectivity index (χ0v) is 26.8. The number of hydrogen-bond donors (Lipinski definition) is 2. The summed E-state index contributed by atoms with van der Waals surface area (Å²) in [5.41, 5.74) is 13.4. The van der Waals surface area contributed by atoms with Crippen LogP contribution in [0.3, 0.4) is 0 Å². The van der Waals surface area contributed by atoms with Crippen LogP contribution in [-0.2, 0) is 5.41 Å². The summed E-state index contributed by atoms with van der Waals surface area (Å²) in [7, 11) is 0. The van der Waals surface area contributed by atoms with Crippen LogP contribution >= 0.6 is 0 Å². The number of nitriles is 1. The average Bonchev–Trinajstić information content (AvgIpc) is 3.36. The molecule has 1 aliphatic carbocycles. The van der Waals surface area contributed by atoms with Crippen LogP contribution in [0.2, 0.25) is 0 Å². The van der Waals surface area contributed by atoms with Gasteiger partial charge in [-0.25, -0.2) is 4.99 Å². The Morgan fingerprint density at radius 1 is 0.604 bits per heavy atom. The maximum Gasteiger partial charge on any atom is 0.154 e. The summed E-state index contributed by atoms with van der Waals surface area (Å²) in [6.07, 6.45) is 1.84. The van der Waals surface area contributed by atoms with E-state index in [2.05, 4.69) is 103 Å². The van der Waals surface area contributed by atoms with Gasteiger partial charge in [-0.05, 0) is 91.2 Å². The van der Waals surface area contributed by atoms with E-state index in [1.807, 2.05) is 72.9 Å². The van der Waals surface area contributed by atoms with Crippen LogP contribution in [0, 0.1) is 16.7 Å². The maximum absolute atomic E-state index is 9.53. The van der Waals surface area contributed by atoms with Gasteiger partial charge < -0.3 is 4.98 Å². The van der Waals surface area contributed by atoms with Crippen LogP contribution in [0.1, 0.15) is 36.1 Å². The Balaban J connectivity index is 1.14. The van der Waals surface area contributed by atoms with Crippen LogP contribution in [0.5, 0.6) is 0 Å². The standard InChI is InChI=1S/C44H32N4/c1-44(2)40-25-28(27-45)14-20-38(40)39-21-19-32(26-41(39)44)34-23-22-33(36-11-6-7-12-37(34)36)30-15-17-31(18-16-30)42(46)48-43-35(13-8-24-47-43)29-9-4-3-5-10-29/h3-26H,1-2H3,(H2,46,47,48). The van der Waals surface area contributed by atoms with Crippen LogP contribution < -0.4 is 5.49 Å². The lowest BCUT2D eigenvalue weighted by Gasteiger charge is -2.22. The van der Waals surface area contributed by atoms with E-state index >= 15 is 0 Å². The van der Waals surface area contributed by atoms with Gasteiger partial charge in [0.25, 0.3) is 0 Å². The van der Waals surface area contributed by atoms with Crippen LogP contribution in [0.25, 0.3) is 55.3 Å². The Labute approximate surface area is 279 Å². The van der Waals surface area contributed by atoms with Crippen molar-refractivity contribution in [3.8, 4) is 50.6 Å². The number of nitrogens with zero attached hydrogens (tertiary/aromatic N) is 2. The van der Waals surface area contributed by atoms with Gasteiger partial charge in [0, 0.05) is 22.7 Å². The van der Waals surface area contributed by atoms with Gasteiger partial charge in [-0.15, -0.1) is 0 Å². The molecule has 0 saturated carbocycles. The first-order valence-electron chi connectivity index (χ1n) is 16.1. The van der Waals surface area contributed by atoms with Crippen molar-refractivity contribution in [3.05, 3.63) is 173 Å². The summed E-state index contributed by atoms with van der Waals surface area (Å²) >= 11 is 0. The molecule has 0 fully saturated rings. The third kappa shape index (κ3) is 4.85. The number of benzene rings is 6. The average molecular weight is 617 g/mol. The zero-order valence-electron chi connectivity index (χ0n) is 26.8. The molecule has 8 rings (SSSR count). The van der Waals surface area contributed by atoms with Crippen molar-refractivity contribution in [1.82, 2.24) is 4.98 Å². The van der Waals surface area contributed by atoms with E-state index in [1.165, 1.54) is 44.2 Å². The minimum atomic E-state index is -0.202. The Hall–Kier alpha value is -6.31. The summed E-state index contributed by atoms with van der Waals surface area (Å²) in [5, 5.41) is 20.7. The SMILES string of the molecule is CC1(C)c2cc(C#N)ccc2-c2ccc(-c3ccc(-c4ccc(C(=N)/N=c5\[nH]cccc5-c5ccccc5)cc4)c4ccccc34)cc21. The van der Waals surface area contributed by atoms with Gasteiger partial charge in [0.15, 0.2) is 5.84 Å². The van der Waals surface area contributed by atoms with Gasteiger partial charge >= 0.3 is 0 Å². The van der Waals surface area contributed by atoms with Gasteiger partial charge in [-0.1, -0.05) is 123 Å². The van der Waals surface area contributed by atoms with Crippen LogP contribution in [-0.4, -0.2) is 10.8 Å². The lowest BCUT2D eigenvalue weighted by atomic mass is 9.81. The highest BCUT2D eigenvalue weighted by Crippen LogP contribution is 2.50. The number of pyridine rings is 1. The molecule has 1 aromatic heterocycles. The van der Waals surface area contributed by atoms with Crippen LogP contribution in [0.15, 0.2) is 151 Å². The molecule has 2 N–H and O–H groups in total. The molecule has 1 aliphatic rings. The molecule has 7 aromatic rings. The van der Waals surface area contributed by atoms with Crippen LogP contribution in [0.4, 0.5) is 0 Å². The predicted octanol–water partition coefficient (Wildman–Crippen LogP) is 10.3. The number of rotatable bonds is 4. The minimum Gasteiger partial charge on any atom is -0.346 e. The number of fused-ring (bicyclic) bond motifs is 4. The molecule has 4 nitrogen and oxygen atoms in total. The smallest absolute Gasteiger partial charge is 0.154 e. The topological polar surface area (TPSA) is 75.8 Å². The Morgan fingerprint density at radius 3 is 1.90 bits per heavy atom. The Bertz CT molecular complexity index is 2490. The third-order valence-electron chi connectivity index (χ3n) is 9.65. The predicted molar refractivity (Wildman–Crippen MR) is 196 cm³/mol. The zero-order chi connectivity index (χ0) is 32.8. The quantitative estimate of drug-likeness (QED) is 0.150. The lowest BCUT2D eigenvalue weighted by molar-refractivity contribution is 0.660. The fourth-order valence-electron chi connectivity index (χ4n) is 7.13. The first-order chi connectivity index (χ1) is 23.4. The van der Waals surface area contributed by atoms with Crippen molar-refractivity contribution in [2.24, 2.45) is 4.99 Å². The van der Waals surface area contributed by atoms with E-state index in [4.69, 9.17) is 5.41 Å². The fourth-order valence-corrected chi connectivity index (χ4v) is 7.13. The molecular weight excluding hydrogens is 585 g/mol. The fraction of sp³-hybridized carbons (Fsp3) is 0.0682. The molecular formula is C44H32N4. The Morgan fingerprint density at radius 2 is 1.19 bits per heavy atom. The maximum atomic E-state index is 9.53. The Kier molecular flexibility index (Phi) is 6.97. The number of aromatic amines is 1. The lowest BCUT2D eigenvalue weighted by Crippen LogP contribution is -2.15. The molecule has 0 amide bonds. The monoisotopic (exact) mass is 616 g/mol. The highest BCUT2D eigenvalue weighted by Gasteiger charge is 2.35. The molecule has 0 bridgehead atoms. The molecule has 0 unspecified atom stereocenters. The summed E-state index contributed by atoms with van der Waals surface area (Å²) in [5.74, 6) is 0.201. The van der Waals surface area contributed by atoms with Crippen molar-refractivity contribution in [1.29, 1.82) is 10.7 Å². The van der Waals surface area contributed by atoms with E-state index in [0.29, 0.717) is 11.1 Å². The molecule has 228 valence electrons.